The van der Waals surface area contributed by atoms with Gasteiger partial charge < -0.3 is 18.9 Å². The Morgan fingerprint density at radius 3 is 1.05 bits per heavy atom. The maximum absolute atomic E-state index is 12.9. The zero-order valence-corrected chi connectivity index (χ0v) is 55.2. The Morgan fingerprint density at radius 1 is 0.395 bits per heavy atom. The maximum atomic E-state index is 12.9. The van der Waals surface area contributed by atoms with Crippen LogP contribution in [0.4, 0.5) is 0 Å². The van der Waals surface area contributed by atoms with Gasteiger partial charge in [0.25, 0.3) is 0 Å². The number of likely N-dealkylation sites (N-methyl/N-ethyl adjacent to an activating group) is 1. The molecule has 2 atom stereocenters. The average Bonchev–Trinajstić information content (AvgIpc) is 3.43. The van der Waals surface area contributed by atoms with Crippen molar-refractivity contribution >= 4 is 19.8 Å². The first-order chi connectivity index (χ1) is 39.5. The minimum atomic E-state index is -4.39. The predicted octanol–water partition coefficient (Wildman–Crippen LogP) is 22.4. The van der Waals surface area contributed by atoms with Gasteiger partial charge in [0, 0.05) is 12.8 Å². The Labute approximate surface area is 503 Å². The summed E-state index contributed by atoms with van der Waals surface area (Å²) in [5.74, 6) is -0.775. The molecule has 0 aliphatic rings. The lowest BCUT2D eigenvalue weighted by Gasteiger charge is -2.24. The summed E-state index contributed by atoms with van der Waals surface area (Å²) in [6.45, 7) is 4.39. The quantitative estimate of drug-likeness (QED) is 0.0211. The monoisotopic (exact) mass is 1160 g/mol. The molecular weight excluding hydrogens is 1030 g/mol. The third-order valence-corrected chi connectivity index (χ3v) is 16.6. The summed E-state index contributed by atoms with van der Waals surface area (Å²) in [7, 11) is 1.50. The van der Waals surface area contributed by atoms with Crippen LogP contribution in [0.2, 0.25) is 0 Å². The number of ether oxygens (including phenoxy) is 2. The third kappa shape index (κ3) is 67.0. The minimum Gasteiger partial charge on any atom is -0.462 e. The van der Waals surface area contributed by atoms with Crippen LogP contribution in [0.15, 0.2) is 48.6 Å². The van der Waals surface area contributed by atoms with Crippen LogP contribution in [0, 0.1) is 0 Å². The summed E-state index contributed by atoms with van der Waals surface area (Å²) in [5, 5.41) is 0. The lowest BCUT2D eigenvalue weighted by atomic mass is 10.0. The molecule has 2 unspecified atom stereocenters. The molecular formula is C71H135NO8P+. The number of carbonyl (C=O) groups is 2. The molecule has 0 amide bonds. The Morgan fingerprint density at radius 2 is 0.704 bits per heavy atom. The zero-order chi connectivity index (χ0) is 59.1. The SMILES string of the molecule is CC/C=C\C/C=C\C/C=C\C/C=C\CCCCCCCCCCCCCCCCCCCCCCC(=O)OC(COC(=O)CCCCCCCCCCCCCCCCCCCCCCCCCC)COP(=O)(O)OCC[N+](C)(C)C. The summed E-state index contributed by atoms with van der Waals surface area (Å²) < 4.78 is 34.7. The highest BCUT2D eigenvalue weighted by molar-refractivity contribution is 7.47. The van der Waals surface area contributed by atoms with Crippen molar-refractivity contribution in [2.45, 2.75) is 347 Å². The number of hydrogen-bond acceptors (Lipinski definition) is 7. The normalized spacial score (nSPS) is 13.4. The van der Waals surface area contributed by atoms with E-state index in [1.807, 2.05) is 21.1 Å². The molecule has 0 aromatic carbocycles. The highest BCUT2D eigenvalue weighted by atomic mass is 31.2. The summed E-state index contributed by atoms with van der Waals surface area (Å²) in [6, 6.07) is 0. The first kappa shape index (κ1) is 79.0. The van der Waals surface area contributed by atoms with Gasteiger partial charge in [0.2, 0.25) is 0 Å². The molecule has 10 heteroatoms. The Bertz CT molecular complexity index is 1510. The minimum absolute atomic E-state index is 0.0346. The van der Waals surface area contributed by atoms with Gasteiger partial charge in [-0.1, -0.05) is 326 Å². The standard InChI is InChI=1S/C71H134NO8P/c1-6-8-10-12-14-16-18-20-22-24-26-28-30-32-33-34-35-36-37-38-39-40-42-44-46-48-50-52-54-56-58-60-62-64-71(74)80-69(68-79-81(75,76)78-66-65-72(3,4)5)67-77-70(73)63-61-59-57-55-53-51-49-47-45-43-41-31-29-27-25-23-21-19-17-15-13-11-9-7-2/h8,10,14,16,20,22,26,28,69H,6-7,9,11-13,15,17-19,21,23-25,27,29-68H2,1-5H3/p+1/b10-8-,16-14-,22-20-,28-26-. The second kappa shape index (κ2) is 62.5. The maximum Gasteiger partial charge on any atom is 0.472 e. The summed E-state index contributed by atoms with van der Waals surface area (Å²) in [5.41, 5.74) is 0. The van der Waals surface area contributed by atoms with Crippen LogP contribution in [0.3, 0.4) is 0 Å². The number of nitrogens with zero attached hydrogens (tertiary/aromatic N) is 1. The summed E-state index contributed by atoms with van der Waals surface area (Å²) in [6.07, 6.45) is 80.8. The Balaban J connectivity index is 3.99. The first-order valence-electron chi connectivity index (χ1n) is 34.9. The molecule has 0 saturated heterocycles. The van der Waals surface area contributed by atoms with Crippen LogP contribution in [-0.2, 0) is 32.7 Å². The van der Waals surface area contributed by atoms with Crippen LogP contribution in [0.25, 0.3) is 0 Å². The van der Waals surface area contributed by atoms with E-state index in [0.29, 0.717) is 23.9 Å². The van der Waals surface area contributed by atoms with Gasteiger partial charge in [-0.15, -0.1) is 0 Å². The lowest BCUT2D eigenvalue weighted by molar-refractivity contribution is -0.870. The molecule has 0 fully saturated rings. The second-order valence-electron chi connectivity index (χ2n) is 24.9. The number of carbonyl (C=O) groups excluding carboxylic acids is 2. The molecule has 0 radical (unpaired) electrons. The van der Waals surface area contributed by atoms with E-state index < -0.39 is 26.5 Å². The van der Waals surface area contributed by atoms with Crippen LogP contribution < -0.4 is 0 Å². The highest BCUT2D eigenvalue weighted by Crippen LogP contribution is 2.43. The van der Waals surface area contributed by atoms with Crippen LogP contribution in [-0.4, -0.2) is 74.9 Å². The van der Waals surface area contributed by atoms with Crippen molar-refractivity contribution in [3.63, 3.8) is 0 Å². The van der Waals surface area contributed by atoms with Crippen molar-refractivity contribution in [3.8, 4) is 0 Å². The van der Waals surface area contributed by atoms with Gasteiger partial charge in [-0.05, 0) is 51.4 Å². The van der Waals surface area contributed by atoms with Gasteiger partial charge in [0.05, 0.1) is 27.7 Å². The molecule has 0 bridgehead atoms. The molecule has 0 heterocycles. The van der Waals surface area contributed by atoms with E-state index in [2.05, 4.69) is 62.5 Å². The van der Waals surface area contributed by atoms with E-state index >= 15 is 0 Å². The van der Waals surface area contributed by atoms with Gasteiger partial charge >= 0.3 is 19.8 Å². The first-order valence-corrected chi connectivity index (χ1v) is 36.4. The van der Waals surface area contributed by atoms with Crippen LogP contribution in [0.1, 0.15) is 341 Å². The number of allylic oxidation sites excluding steroid dienone is 8. The number of unbranched alkanes of at least 4 members (excludes halogenated alkanes) is 43. The molecule has 9 nitrogen and oxygen atoms in total. The highest BCUT2D eigenvalue weighted by Gasteiger charge is 2.27. The lowest BCUT2D eigenvalue weighted by Crippen LogP contribution is -2.37. The summed E-state index contributed by atoms with van der Waals surface area (Å²) >= 11 is 0. The van der Waals surface area contributed by atoms with E-state index in [1.165, 1.54) is 250 Å². The summed E-state index contributed by atoms with van der Waals surface area (Å²) in [4.78, 5) is 35.9. The molecule has 0 saturated carbocycles. The number of rotatable bonds is 65. The smallest absolute Gasteiger partial charge is 0.462 e. The van der Waals surface area contributed by atoms with Crippen molar-refractivity contribution in [1.29, 1.82) is 0 Å². The number of esters is 2. The molecule has 476 valence electrons. The molecule has 0 rings (SSSR count). The van der Waals surface area contributed by atoms with E-state index in [0.717, 1.165) is 57.8 Å². The topological polar surface area (TPSA) is 108 Å². The largest absolute Gasteiger partial charge is 0.472 e. The molecule has 1 N–H and O–H groups in total. The van der Waals surface area contributed by atoms with E-state index in [1.54, 1.807) is 0 Å². The number of hydrogen-bond donors (Lipinski definition) is 1. The van der Waals surface area contributed by atoms with Gasteiger partial charge in [0.1, 0.15) is 19.8 Å². The number of phosphoric ester groups is 1. The fourth-order valence-corrected chi connectivity index (χ4v) is 11.0. The molecule has 0 aromatic rings. The molecule has 0 aromatic heterocycles. The molecule has 0 aliphatic carbocycles. The number of quaternary nitrogens is 1. The van der Waals surface area contributed by atoms with E-state index in [9.17, 15) is 19.0 Å². The van der Waals surface area contributed by atoms with Gasteiger partial charge in [-0.25, -0.2) is 4.57 Å². The second-order valence-corrected chi connectivity index (χ2v) is 26.4. The van der Waals surface area contributed by atoms with Crippen LogP contribution in [0.5, 0.6) is 0 Å². The van der Waals surface area contributed by atoms with E-state index in [4.69, 9.17) is 18.5 Å². The Kier molecular flexibility index (Phi) is 60.9. The van der Waals surface area contributed by atoms with Gasteiger partial charge in [-0.2, -0.15) is 0 Å². The molecule has 0 aliphatic heterocycles. The van der Waals surface area contributed by atoms with Gasteiger partial charge in [0.15, 0.2) is 6.10 Å². The third-order valence-electron chi connectivity index (χ3n) is 15.6. The van der Waals surface area contributed by atoms with Crippen molar-refractivity contribution < 1.29 is 42.1 Å². The molecule has 81 heavy (non-hydrogen) atoms. The average molecular weight is 1160 g/mol. The van der Waals surface area contributed by atoms with E-state index in [-0.39, 0.29) is 25.6 Å². The van der Waals surface area contributed by atoms with Crippen molar-refractivity contribution in [2.24, 2.45) is 0 Å². The fraction of sp³-hybridized carbons (Fsp3) is 0.859. The fourth-order valence-electron chi connectivity index (χ4n) is 10.3. The van der Waals surface area contributed by atoms with Crippen LogP contribution >= 0.6 is 7.82 Å². The number of phosphoric acid groups is 1. The van der Waals surface area contributed by atoms with Crippen molar-refractivity contribution in [1.82, 2.24) is 0 Å². The molecule has 0 spiro atoms. The Hall–Kier alpha value is -2.03. The zero-order valence-electron chi connectivity index (χ0n) is 54.3. The van der Waals surface area contributed by atoms with Crippen molar-refractivity contribution in [2.75, 3.05) is 47.5 Å². The predicted molar refractivity (Wildman–Crippen MR) is 349 cm³/mol. The van der Waals surface area contributed by atoms with Gasteiger partial charge in [-0.3, -0.25) is 18.6 Å². The van der Waals surface area contributed by atoms with Crippen molar-refractivity contribution in [3.05, 3.63) is 48.6 Å².